The SMILES string of the molecule is Cc1c(S(C)=O)c2ccc(C(=O)NCC(=O)O)cc2n1-c1ncc(-c2ccccc2F)cn1. The Balaban J connectivity index is 1.83. The summed E-state index contributed by atoms with van der Waals surface area (Å²) in [5.74, 6) is -1.84. The van der Waals surface area contributed by atoms with Crippen molar-refractivity contribution in [1.82, 2.24) is 19.9 Å². The number of rotatable bonds is 6. The summed E-state index contributed by atoms with van der Waals surface area (Å²) < 4.78 is 28.3. The van der Waals surface area contributed by atoms with Gasteiger partial charge in [-0.2, -0.15) is 0 Å². The number of carbonyl (C=O) groups excluding carboxylic acids is 1. The van der Waals surface area contributed by atoms with Crippen LogP contribution in [0.5, 0.6) is 0 Å². The summed E-state index contributed by atoms with van der Waals surface area (Å²) in [6.45, 7) is 1.26. The van der Waals surface area contributed by atoms with Crippen LogP contribution in [-0.2, 0) is 15.6 Å². The highest BCUT2D eigenvalue weighted by atomic mass is 32.2. The van der Waals surface area contributed by atoms with E-state index in [9.17, 15) is 18.2 Å². The number of carboxylic acid groups (broad SMARTS) is 1. The smallest absolute Gasteiger partial charge is 0.322 e. The van der Waals surface area contributed by atoms with Crippen LogP contribution in [0.15, 0.2) is 59.8 Å². The molecule has 8 nitrogen and oxygen atoms in total. The molecule has 1 atom stereocenters. The van der Waals surface area contributed by atoms with Crippen LogP contribution < -0.4 is 5.32 Å². The predicted molar refractivity (Wildman–Crippen MR) is 121 cm³/mol. The molecule has 0 saturated heterocycles. The Morgan fingerprint density at radius 1 is 1.15 bits per heavy atom. The Bertz CT molecular complexity index is 1420. The number of carbonyl (C=O) groups is 2. The molecule has 10 heteroatoms. The number of hydrogen-bond donors (Lipinski definition) is 2. The number of carboxylic acids is 1. The van der Waals surface area contributed by atoms with Gasteiger partial charge in [0.1, 0.15) is 12.4 Å². The van der Waals surface area contributed by atoms with Crippen LogP contribution in [0.4, 0.5) is 4.39 Å². The first kappa shape index (κ1) is 22.3. The van der Waals surface area contributed by atoms with Gasteiger partial charge in [-0.05, 0) is 25.1 Å². The molecule has 2 N–H and O–H groups in total. The second kappa shape index (κ2) is 8.91. The van der Waals surface area contributed by atoms with Gasteiger partial charge in [-0.25, -0.2) is 14.4 Å². The third kappa shape index (κ3) is 4.24. The third-order valence-electron chi connectivity index (χ3n) is 5.12. The van der Waals surface area contributed by atoms with E-state index in [1.807, 2.05) is 0 Å². The zero-order chi connectivity index (χ0) is 23.7. The van der Waals surface area contributed by atoms with Crippen molar-refractivity contribution in [3.05, 3.63) is 71.9 Å². The lowest BCUT2D eigenvalue weighted by Gasteiger charge is -2.09. The number of aliphatic carboxylic acids is 1. The minimum absolute atomic E-state index is 0.235. The first-order valence-electron chi connectivity index (χ1n) is 9.83. The molecule has 2 aromatic carbocycles. The van der Waals surface area contributed by atoms with Crippen molar-refractivity contribution >= 4 is 33.6 Å². The average molecular weight is 466 g/mol. The molecule has 33 heavy (non-hydrogen) atoms. The lowest BCUT2D eigenvalue weighted by atomic mass is 10.1. The summed E-state index contributed by atoms with van der Waals surface area (Å²) in [5.41, 5.74) is 2.27. The van der Waals surface area contributed by atoms with Crippen LogP contribution in [-0.4, -0.2) is 48.5 Å². The van der Waals surface area contributed by atoms with E-state index in [0.29, 0.717) is 32.6 Å². The largest absolute Gasteiger partial charge is 0.480 e. The van der Waals surface area contributed by atoms with Gasteiger partial charge in [-0.3, -0.25) is 18.4 Å². The van der Waals surface area contributed by atoms with Gasteiger partial charge in [0, 0.05) is 46.4 Å². The second-order valence-corrected chi connectivity index (χ2v) is 8.58. The molecule has 0 aliphatic rings. The van der Waals surface area contributed by atoms with Gasteiger partial charge in [-0.15, -0.1) is 0 Å². The van der Waals surface area contributed by atoms with Crippen LogP contribution in [0.1, 0.15) is 16.1 Å². The van der Waals surface area contributed by atoms with Gasteiger partial charge in [0.25, 0.3) is 5.91 Å². The van der Waals surface area contributed by atoms with Crippen molar-refractivity contribution in [3.63, 3.8) is 0 Å². The summed E-state index contributed by atoms with van der Waals surface area (Å²) in [5, 5.41) is 11.8. The third-order valence-corrected chi connectivity index (χ3v) is 6.21. The van der Waals surface area contributed by atoms with Crippen LogP contribution >= 0.6 is 0 Å². The summed E-state index contributed by atoms with van der Waals surface area (Å²) >= 11 is 0. The van der Waals surface area contributed by atoms with E-state index in [1.54, 1.807) is 54.1 Å². The van der Waals surface area contributed by atoms with E-state index in [0.717, 1.165) is 0 Å². The minimum Gasteiger partial charge on any atom is -0.480 e. The zero-order valence-electron chi connectivity index (χ0n) is 17.7. The minimum atomic E-state index is -1.34. The van der Waals surface area contributed by atoms with Gasteiger partial charge >= 0.3 is 5.97 Å². The highest BCUT2D eigenvalue weighted by Crippen LogP contribution is 2.31. The number of fused-ring (bicyclic) bond motifs is 1. The monoisotopic (exact) mass is 466 g/mol. The molecule has 4 rings (SSSR count). The molecule has 0 bridgehead atoms. The van der Waals surface area contributed by atoms with Crippen molar-refractivity contribution in [2.24, 2.45) is 0 Å². The maximum atomic E-state index is 14.1. The van der Waals surface area contributed by atoms with Crippen LogP contribution in [0.3, 0.4) is 0 Å². The normalized spacial score (nSPS) is 12.0. The molecule has 1 unspecified atom stereocenters. The van der Waals surface area contributed by atoms with E-state index in [2.05, 4.69) is 15.3 Å². The molecule has 0 aliphatic carbocycles. The Hall–Kier alpha value is -3.92. The Kier molecular flexibility index (Phi) is 6.01. The molecule has 0 fully saturated rings. The number of amides is 1. The fourth-order valence-electron chi connectivity index (χ4n) is 3.68. The topological polar surface area (TPSA) is 114 Å². The second-order valence-electron chi connectivity index (χ2n) is 7.26. The molecular weight excluding hydrogens is 447 g/mol. The fraction of sp³-hybridized carbons (Fsp3) is 0.130. The van der Waals surface area contributed by atoms with Crippen LogP contribution in [0.2, 0.25) is 0 Å². The Morgan fingerprint density at radius 2 is 1.85 bits per heavy atom. The Morgan fingerprint density at radius 3 is 2.48 bits per heavy atom. The quantitative estimate of drug-likeness (QED) is 0.451. The van der Waals surface area contributed by atoms with E-state index < -0.39 is 35.0 Å². The zero-order valence-corrected chi connectivity index (χ0v) is 18.5. The summed E-state index contributed by atoms with van der Waals surface area (Å²) in [4.78, 5) is 32.5. The lowest BCUT2D eigenvalue weighted by molar-refractivity contribution is -0.135. The fourth-order valence-corrected chi connectivity index (χ4v) is 4.67. The maximum absolute atomic E-state index is 14.1. The van der Waals surface area contributed by atoms with Crippen molar-refractivity contribution in [2.75, 3.05) is 12.8 Å². The molecule has 168 valence electrons. The van der Waals surface area contributed by atoms with E-state index in [1.165, 1.54) is 18.5 Å². The van der Waals surface area contributed by atoms with E-state index in [4.69, 9.17) is 5.11 Å². The average Bonchev–Trinajstić information content (AvgIpc) is 3.09. The lowest BCUT2D eigenvalue weighted by Crippen LogP contribution is -2.29. The summed E-state index contributed by atoms with van der Waals surface area (Å²) in [6, 6.07) is 11.1. The number of benzene rings is 2. The van der Waals surface area contributed by atoms with Crippen molar-refractivity contribution in [3.8, 4) is 17.1 Å². The van der Waals surface area contributed by atoms with Gasteiger partial charge in [0.05, 0.1) is 21.2 Å². The Labute approximate surface area is 190 Å². The molecule has 2 heterocycles. The van der Waals surface area contributed by atoms with Crippen molar-refractivity contribution in [1.29, 1.82) is 0 Å². The number of nitrogens with one attached hydrogen (secondary N) is 1. The summed E-state index contributed by atoms with van der Waals surface area (Å²) in [7, 11) is -1.34. The molecule has 4 aromatic rings. The number of nitrogens with zero attached hydrogens (tertiary/aromatic N) is 3. The molecule has 0 aliphatic heterocycles. The van der Waals surface area contributed by atoms with Crippen molar-refractivity contribution in [2.45, 2.75) is 11.8 Å². The highest BCUT2D eigenvalue weighted by molar-refractivity contribution is 7.84. The van der Waals surface area contributed by atoms with Crippen molar-refractivity contribution < 1.29 is 23.3 Å². The van der Waals surface area contributed by atoms with Gasteiger partial charge in [0.2, 0.25) is 5.95 Å². The highest BCUT2D eigenvalue weighted by Gasteiger charge is 2.21. The van der Waals surface area contributed by atoms with Crippen LogP contribution in [0, 0.1) is 12.7 Å². The number of hydrogen-bond acceptors (Lipinski definition) is 5. The number of aromatic nitrogens is 3. The van der Waals surface area contributed by atoms with E-state index >= 15 is 0 Å². The van der Waals surface area contributed by atoms with E-state index in [-0.39, 0.29) is 11.5 Å². The van der Waals surface area contributed by atoms with Gasteiger partial charge < -0.3 is 10.4 Å². The number of halogens is 1. The molecule has 0 spiro atoms. The van der Waals surface area contributed by atoms with Gasteiger partial charge in [-0.1, -0.05) is 24.3 Å². The molecule has 0 radical (unpaired) electrons. The maximum Gasteiger partial charge on any atom is 0.322 e. The molecule has 2 aromatic heterocycles. The summed E-state index contributed by atoms with van der Waals surface area (Å²) in [6.07, 6.45) is 4.55. The molecular formula is C23H19FN4O4S. The molecule has 1 amide bonds. The standard InChI is InChI=1S/C23H19FN4O4S/c1-13-21(33(2)32)17-8-7-14(22(31)25-12-20(29)30)9-19(17)28(13)23-26-10-15(11-27-23)16-5-3-4-6-18(16)24/h3-11H,12H2,1-2H3,(H,25,31)(H,29,30). The predicted octanol–water partition coefficient (Wildman–Crippen LogP) is 3.09. The first-order chi connectivity index (χ1) is 15.8. The molecule has 0 saturated carbocycles. The van der Waals surface area contributed by atoms with Crippen LogP contribution in [0.25, 0.3) is 28.0 Å². The first-order valence-corrected chi connectivity index (χ1v) is 11.4. The van der Waals surface area contributed by atoms with Gasteiger partial charge in [0.15, 0.2) is 0 Å².